The average molecular weight is 480 g/mol. The molecular formula is C24H32F3N5O2. The smallest absolute Gasteiger partial charge is 0.418 e. The third kappa shape index (κ3) is 6.83. The Hall–Kier alpha value is -2.85. The van der Waals surface area contributed by atoms with Gasteiger partial charge in [-0.05, 0) is 38.8 Å². The van der Waals surface area contributed by atoms with Crippen molar-refractivity contribution in [3.05, 3.63) is 53.3 Å². The average Bonchev–Trinajstić information content (AvgIpc) is 3.02. The van der Waals surface area contributed by atoms with Crippen molar-refractivity contribution in [1.29, 1.82) is 0 Å². The number of anilines is 1. The van der Waals surface area contributed by atoms with Gasteiger partial charge in [-0.3, -0.25) is 14.7 Å². The van der Waals surface area contributed by atoms with Crippen molar-refractivity contribution in [3.8, 4) is 5.75 Å². The second-order valence-corrected chi connectivity index (χ2v) is 8.48. The monoisotopic (exact) mass is 479 g/mol. The Balaban J connectivity index is 1.75. The van der Waals surface area contributed by atoms with Gasteiger partial charge in [0, 0.05) is 37.9 Å². The quantitative estimate of drug-likeness (QED) is 0.596. The van der Waals surface area contributed by atoms with Gasteiger partial charge < -0.3 is 19.9 Å². The van der Waals surface area contributed by atoms with Crippen molar-refractivity contribution in [2.75, 3.05) is 58.7 Å². The summed E-state index contributed by atoms with van der Waals surface area (Å²) in [5.41, 5.74) is 0.737. The Morgan fingerprint density at radius 2 is 2.00 bits per heavy atom. The largest absolute Gasteiger partial charge is 0.490 e. The maximum Gasteiger partial charge on any atom is 0.418 e. The van der Waals surface area contributed by atoms with Crippen LogP contribution in [0, 0.1) is 0 Å². The van der Waals surface area contributed by atoms with Crippen LogP contribution in [-0.4, -0.2) is 79.0 Å². The van der Waals surface area contributed by atoms with Crippen molar-refractivity contribution >= 4 is 11.6 Å². The van der Waals surface area contributed by atoms with Crippen LogP contribution in [0.3, 0.4) is 0 Å². The lowest BCUT2D eigenvalue weighted by Gasteiger charge is -2.26. The number of ether oxygens (including phenoxy) is 1. The molecule has 0 fully saturated rings. The van der Waals surface area contributed by atoms with E-state index in [1.165, 1.54) is 17.2 Å². The molecule has 1 aliphatic heterocycles. The number of likely N-dealkylation sites (N-methyl/N-ethyl adjacent to an activating group) is 2. The van der Waals surface area contributed by atoms with Crippen LogP contribution in [0.5, 0.6) is 5.75 Å². The molecule has 1 aliphatic rings. The summed E-state index contributed by atoms with van der Waals surface area (Å²) < 4.78 is 46.3. The van der Waals surface area contributed by atoms with Gasteiger partial charge in [-0.2, -0.15) is 13.2 Å². The fourth-order valence-electron chi connectivity index (χ4n) is 3.78. The van der Waals surface area contributed by atoms with E-state index in [2.05, 4.69) is 22.1 Å². The first-order valence-electron chi connectivity index (χ1n) is 11.3. The summed E-state index contributed by atoms with van der Waals surface area (Å²) in [6.45, 7) is 5.61. The van der Waals surface area contributed by atoms with Crippen LogP contribution in [-0.2, 0) is 24.1 Å². The van der Waals surface area contributed by atoms with Gasteiger partial charge in [0.15, 0.2) is 0 Å². The van der Waals surface area contributed by atoms with Crippen LogP contribution in [0.4, 0.5) is 18.9 Å². The number of pyridine rings is 1. The molecule has 1 aromatic heterocycles. The molecule has 0 spiro atoms. The number of hydrogen-bond donors (Lipinski definition) is 1. The summed E-state index contributed by atoms with van der Waals surface area (Å²) in [6, 6.07) is 7.99. The fourth-order valence-corrected chi connectivity index (χ4v) is 3.78. The molecule has 186 valence electrons. The number of benzene rings is 1. The van der Waals surface area contributed by atoms with E-state index in [1.54, 1.807) is 0 Å². The number of amides is 1. The van der Waals surface area contributed by atoms with Crippen LogP contribution in [0.25, 0.3) is 0 Å². The molecule has 1 N–H and O–H groups in total. The first-order chi connectivity index (χ1) is 16.2. The minimum absolute atomic E-state index is 0.0705. The molecule has 34 heavy (non-hydrogen) atoms. The molecule has 0 saturated carbocycles. The number of fused-ring (bicyclic) bond motifs is 1. The fraction of sp³-hybridized carbons (Fsp3) is 0.500. The SMILES string of the molecule is CCN1CCOc2c(cccc2NCC(=O)N(CCN(C)C)Cc2ncccc2C(F)(F)F)C1. The molecule has 0 unspecified atom stereocenters. The highest BCUT2D eigenvalue weighted by molar-refractivity contribution is 5.81. The number of carbonyl (C=O) groups is 1. The molecule has 0 radical (unpaired) electrons. The lowest BCUT2D eigenvalue weighted by atomic mass is 10.1. The van der Waals surface area contributed by atoms with Crippen molar-refractivity contribution < 1.29 is 22.7 Å². The summed E-state index contributed by atoms with van der Waals surface area (Å²) >= 11 is 0. The standard InChI is InChI=1S/C24H32F3N5O2/c1-4-31-13-14-34-23-18(16-31)7-5-9-20(23)29-15-22(33)32(12-11-30(2)3)17-21-19(24(25,26)27)8-6-10-28-21/h5-10,29H,4,11-17H2,1-3H3. The second-order valence-electron chi connectivity index (χ2n) is 8.48. The van der Waals surface area contributed by atoms with Gasteiger partial charge >= 0.3 is 6.18 Å². The zero-order chi connectivity index (χ0) is 24.7. The maximum atomic E-state index is 13.4. The molecular weight excluding hydrogens is 447 g/mol. The first kappa shape index (κ1) is 25.8. The molecule has 2 heterocycles. The highest BCUT2D eigenvalue weighted by Crippen LogP contribution is 2.33. The Kier molecular flexibility index (Phi) is 8.73. The van der Waals surface area contributed by atoms with E-state index in [1.807, 2.05) is 37.2 Å². The number of aromatic nitrogens is 1. The predicted octanol–water partition coefficient (Wildman–Crippen LogP) is 3.32. The molecule has 3 rings (SSSR count). The number of alkyl halides is 3. The van der Waals surface area contributed by atoms with Gasteiger partial charge in [-0.1, -0.05) is 19.1 Å². The Morgan fingerprint density at radius 3 is 2.71 bits per heavy atom. The van der Waals surface area contributed by atoms with Crippen LogP contribution in [0.1, 0.15) is 23.7 Å². The first-order valence-corrected chi connectivity index (χ1v) is 11.3. The summed E-state index contributed by atoms with van der Waals surface area (Å²) in [7, 11) is 3.69. The Morgan fingerprint density at radius 1 is 1.21 bits per heavy atom. The van der Waals surface area contributed by atoms with E-state index in [4.69, 9.17) is 4.74 Å². The van der Waals surface area contributed by atoms with E-state index in [0.717, 1.165) is 37.0 Å². The summed E-state index contributed by atoms with van der Waals surface area (Å²) in [4.78, 5) is 22.6. The lowest BCUT2D eigenvalue weighted by Crippen LogP contribution is -2.40. The zero-order valence-corrected chi connectivity index (χ0v) is 19.9. The second kappa shape index (κ2) is 11.5. The molecule has 0 saturated heterocycles. The van der Waals surface area contributed by atoms with Gasteiger partial charge in [-0.15, -0.1) is 0 Å². The topological polar surface area (TPSA) is 60.9 Å². The molecule has 0 bridgehead atoms. The van der Waals surface area contributed by atoms with Crippen molar-refractivity contribution in [2.45, 2.75) is 26.2 Å². The van der Waals surface area contributed by atoms with Gasteiger partial charge in [-0.25, -0.2) is 0 Å². The van der Waals surface area contributed by atoms with E-state index in [-0.39, 0.29) is 31.2 Å². The zero-order valence-electron chi connectivity index (χ0n) is 19.9. The number of para-hydroxylation sites is 1. The number of carbonyl (C=O) groups excluding carboxylic acids is 1. The van der Waals surface area contributed by atoms with Crippen LogP contribution >= 0.6 is 0 Å². The molecule has 0 aliphatic carbocycles. The number of nitrogens with zero attached hydrogens (tertiary/aromatic N) is 4. The molecule has 0 atom stereocenters. The van der Waals surface area contributed by atoms with Gasteiger partial charge in [0.25, 0.3) is 0 Å². The van der Waals surface area contributed by atoms with Gasteiger partial charge in [0.2, 0.25) is 5.91 Å². The van der Waals surface area contributed by atoms with Gasteiger partial charge in [0.05, 0.1) is 30.0 Å². The van der Waals surface area contributed by atoms with Crippen LogP contribution in [0.15, 0.2) is 36.5 Å². The molecule has 7 nitrogen and oxygen atoms in total. The van der Waals surface area contributed by atoms with E-state index < -0.39 is 11.7 Å². The van der Waals surface area contributed by atoms with Crippen LogP contribution in [0.2, 0.25) is 0 Å². The maximum absolute atomic E-state index is 13.4. The third-order valence-corrected chi connectivity index (χ3v) is 5.73. The van der Waals surface area contributed by atoms with E-state index in [9.17, 15) is 18.0 Å². The number of hydrogen-bond acceptors (Lipinski definition) is 6. The van der Waals surface area contributed by atoms with Crippen molar-refractivity contribution in [1.82, 2.24) is 19.7 Å². The molecule has 2 aromatic rings. The minimum atomic E-state index is -4.54. The number of halogens is 3. The normalized spacial score (nSPS) is 14.3. The predicted molar refractivity (Wildman–Crippen MR) is 125 cm³/mol. The number of rotatable bonds is 9. The van der Waals surface area contributed by atoms with Gasteiger partial charge in [0.1, 0.15) is 12.4 Å². The lowest BCUT2D eigenvalue weighted by molar-refractivity contribution is -0.140. The molecule has 1 amide bonds. The van der Waals surface area contributed by atoms with Crippen molar-refractivity contribution in [2.24, 2.45) is 0 Å². The Bertz CT molecular complexity index is 968. The van der Waals surface area contributed by atoms with E-state index >= 15 is 0 Å². The number of nitrogens with one attached hydrogen (secondary N) is 1. The highest BCUT2D eigenvalue weighted by atomic mass is 19.4. The highest BCUT2D eigenvalue weighted by Gasteiger charge is 2.34. The minimum Gasteiger partial charge on any atom is -0.490 e. The molecule has 10 heteroatoms. The summed E-state index contributed by atoms with van der Waals surface area (Å²) in [5.74, 6) is 0.400. The Labute approximate surface area is 198 Å². The van der Waals surface area contributed by atoms with Crippen LogP contribution < -0.4 is 10.1 Å². The van der Waals surface area contributed by atoms with Crippen molar-refractivity contribution in [3.63, 3.8) is 0 Å². The van der Waals surface area contributed by atoms with E-state index in [0.29, 0.717) is 18.8 Å². The summed E-state index contributed by atoms with van der Waals surface area (Å²) in [5, 5.41) is 3.14. The third-order valence-electron chi connectivity index (χ3n) is 5.73. The summed E-state index contributed by atoms with van der Waals surface area (Å²) in [6.07, 6.45) is -3.23. The molecule has 1 aromatic carbocycles.